The Morgan fingerprint density at radius 3 is 2.71 bits per heavy atom. The number of rotatable bonds is 5. The van der Waals surface area contributed by atoms with Crippen molar-refractivity contribution in [1.82, 2.24) is 9.88 Å². The van der Waals surface area contributed by atoms with Crippen LogP contribution in [0.4, 0.5) is 10.8 Å². The van der Waals surface area contributed by atoms with Gasteiger partial charge >= 0.3 is 0 Å². The molecule has 1 unspecified atom stereocenters. The Balaban J connectivity index is 1.34. The lowest BCUT2D eigenvalue weighted by atomic mass is 10.1. The molecule has 1 aromatic heterocycles. The summed E-state index contributed by atoms with van der Waals surface area (Å²) >= 11 is 4.85. The van der Waals surface area contributed by atoms with Gasteiger partial charge in [0.15, 0.2) is 5.13 Å². The molecular weight excluding hydrogens is 440 g/mol. The standard InChI is InChI=1S/C20H23BrN4O2S/c21-15-4-6-17(7-5-15)25-11-14(10-18(25)26)19(27)23-20-22-16(13-28-20)12-24-8-2-1-3-9-24/h4-7,13-14H,1-3,8-12H2,(H,22,23,27). The van der Waals surface area contributed by atoms with Gasteiger partial charge in [0, 0.05) is 35.1 Å². The van der Waals surface area contributed by atoms with Crippen molar-refractivity contribution in [2.45, 2.75) is 32.2 Å². The van der Waals surface area contributed by atoms with E-state index in [0.29, 0.717) is 11.7 Å². The molecule has 148 valence electrons. The van der Waals surface area contributed by atoms with Crippen molar-refractivity contribution in [3.8, 4) is 0 Å². The molecule has 2 fully saturated rings. The van der Waals surface area contributed by atoms with Crippen LogP contribution in [0.1, 0.15) is 31.4 Å². The third-order valence-corrected chi connectivity index (χ3v) is 6.59. The lowest BCUT2D eigenvalue weighted by molar-refractivity contribution is -0.122. The second-order valence-electron chi connectivity index (χ2n) is 7.35. The van der Waals surface area contributed by atoms with E-state index < -0.39 is 0 Å². The van der Waals surface area contributed by atoms with Crippen LogP contribution in [0.2, 0.25) is 0 Å². The van der Waals surface area contributed by atoms with Gasteiger partial charge in [-0.3, -0.25) is 14.5 Å². The maximum Gasteiger partial charge on any atom is 0.231 e. The SMILES string of the molecule is O=C(Nc1nc(CN2CCCCC2)cs1)C1CC(=O)N(c2ccc(Br)cc2)C1. The first kappa shape index (κ1) is 19.5. The Kier molecular flexibility index (Phi) is 6.08. The number of amides is 2. The van der Waals surface area contributed by atoms with E-state index in [-0.39, 0.29) is 24.2 Å². The Labute approximate surface area is 177 Å². The fourth-order valence-corrected chi connectivity index (χ4v) is 4.71. The van der Waals surface area contributed by atoms with Crippen molar-refractivity contribution in [3.05, 3.63) is 39.8 Å². The number of nitrogens with zero attached hydrogens (tertiary/aromatic N) is 3. The number of piperidine rings is 1. The second-order valence-corrected chi connectivity index (χ2v) is 9.13. The summed E-state index contributed by atoms with van der Waals surface area (Å²) in [5.41, 5.74) is 1.82. The van der Waals surface area contributed by atoms with Gasteiger partial charge in [0.05, 0.1) is 11.6 Å². The molecule has 1 N–H and O–H groups in total. The molecule has 2 amide bonds. The number of hydrogen-bond donors (Lipinski definition) is 1. The number of hydrogen-bond acceptors (Lipinski definition) is 5. The highest BCUT2D eigenvalue weighted by Crippen LogP contribution is 2.28. The molecule has 0 radical (unpaired) electrons. The maximum absolute atomic E-state index is 12.6. The first-order valence-electron chi connectivity index (χ1n) is 9.62. The third-order valence-electron chi connectivity index (χ3n) is 5.25. The van der Waals surface area contributed by atoms with E-state index in [1.165, 1.54) is 30.6 Å². The number of carbonyl (C=O) groups excluding carboxylic acids is 2. The zero-order valence-corrected chi connectivity index (χ0v) is 18.0. The van der Waals surface area contributed by atoms with Crippen molar-refractivity contribution >= 4 is 49.9 Å². The van der Waals surface area contributed by atoms with Crippen molar-refractivity contribution in [2.75, 3.05) is 29.9 Å². The number of likely N-dealkylation sites (tertiary alicyclic amines) is 1. The molecular formula is C20H23BrN4O2S. The molecule has 3 heterocycles. The van der Waals surface area contributed by atoms with Gasteiger partial charge < -0.3 is 10.2 Å². The Hall–Kier alpha value is -1.77. The molecule has 2 aliphatic rings. The summed E-state index contributed by atoms with van der Waals surface area (Å²) in [6.07, 6.45) is 4.04. The quantitative estimate of drug-likeness (QED) is 0.731. The van der Waals surface area contributed by atoms with Crippen LogP contribution in [0.25, 0.3) is 0 Å². The minimum Gasteiger partial charge on any atom is -0.312 e. The second kappa shape index (κ2) is 8.71. The molecule has 0 aliphatic carbocycles. The van der Waals surface area contributed by atoms with Gasteiger partial charge in [0.1, 0.15) is 0 Å². The average Bonchev–Trinajstić information content (AvgIpc) is 3.30. The Morgan fingerprint density at radius 1 is 1.21 bits per heavy atom. The monoisotopic (exact) mass is 462 g/mol. The minimum atomic E-state index is -0.356. The van der Waals surface area contributed by atoms with Crippen LogP contribution < -0.4 is 10.2 Å². The zero-order valence-electron chi connectivity index (χ0n) is 15.6. The number of nitrogens with one attached hydrogen (secondary N) is 1. The first-order valence-corrected chi connectivity index (χ1v) is 11.3. The molecule has 1 atom stereocenters. The third kappa shape index (κ3) is 4.61. The molecule has 4 rings (SSSR count). The summed E-state index contributed by atoms with van der Waals surface area (Å²) in [6, 6.07) is 7.57. The van der Waals surface area contributed by atoms with Gasteiger partial charge in [0.25, 0.3) is 0 Å². The number of halogens is 1. The number of anilines is 2. The first-order chi connectivity index (χ1) is 13.6. The Morgan fingerprint density at radius 2 is 1.96 bits per heavy atom. The topological polar surface area (TPSA) is 65.5 Å². The van der Waals surface area contributed by atoms with E-state index in [1.807, 2.05) is 29.6 Å². The highest BCUT2D eigenvalue weighted by molar-refractivity contribution is 9.10. The normalized spacial score (nSPS) is 20.5. The minimum absolute atomic E-state index is 0.0209. The fourth-order valence-electron chi connectivity index (χ4n) is 3.74. The molecule has 0 spiro atoms. The van der Waals surface area contributed by atoms with E-state index in [2.05, 4.69) is 31.1 Å². The van der Waals surface area contributed by atoms with E-state index in [1.54, 1.807) is 4.90 Å². The van der Waals surface area contributed by atoms with Crippen molar-refractivity contribution in [3.63, 3.8) is 0 Å². The van der Waals surface area contributed by atoms with Crippen LogP contribution in [-0.4, -0.2) is 41.3 Å². The number of aromatic nitrogens is 1. The van der Waals surface area contributed by atoms with Crippen LogP contribution in [0.3, 0.4) is 0 Å². The van der Waals surface area contributed by atoms with Gasteiger partial charge in [-0.15, -0.1) is 11.3 Å². The van der Waals surface area contributed by atoms with Gasteiger partial charge in [-0.25, -0.2) is 4.98 Å². The molecule has 2 aromatic rings. The highest BCUT2D eigenvalue weighted by atomic mass is 79.9. The summed E-state index contributed by atoms with van der Waals surface area (Å²) in [6.45, 7) is 3.48. The summed E-state index contributed by atoms with van der Waals surface area (Å²) < 4.78 is 0.960. The molecule has 2 aliphatic heterocycles. The highest BCUT2D eigenvalue weighted by Gasteiger charge is 2.35. The lowest BCUT2D eigenvalue weighted by Gasteiger charge is -2.25. The van der Waals surface area contributed by atoms with E-state index >= 15 is 0 Å². The molecule has 1 aromatic carbocycles. The van der Waals surface area contributed by atoms with Gasteiger partial charge in [-0.1, -0.05) is 22.4 Å². The predicted molar refractivity (Wildman–Crippen MR) is 114 cm³/mol. The summed E-state index contributed by atoms with van der Waals surface area (Å²) in [4.78, 5) is 33.7. The van der Waals surface area contributed by atoms with E-state index in [0.717, 1.165) is 35.5 Å². The van der Waals surface area contributed by atoms with Crippen molar-refractivity contribution in [1.29, 1.82) is 0 Å². The van der Waals surface area contributed by atoms with Crippen LogP contribution >= 0.6 is 27.3 Å². The lowest BCUT2D eigenvalue weighted by Crippen LogP contribution is -2.29. The van der Waals surface area contributed by atoms with Crippen molar-refractivity contribution < 1.29 is 9.59 Å². The van der Waals surface area contributed by atoms with Crippen LogP contribution in [-0.2, 0) is 16.1 Å². The van der Waals surface area contributed by atoms with Gasteiger partial charge in [-0.2, -0.15) is 0 Å². The van der Waals surface area contributed by atoms with Crippen molar-refractivity contribution in [2.24, 2.45) is 5.92 Å². The fraction of sp³-hybridized carbons (Fsp3) is 0.450. The van der Waals surface area contributed by atoms with Gasteiger partial charge in [0.2, 0.25) is 11.8 Å². The molecule has 8 heteroatoms. The van der Waals surface area contributed by atoms with Crippen LogP contribution in [0, 0.1) is 5.92 Å². The molecule has 28 heavy (non-hydrogen) atoms. The number of carbonyl (C=O) groups is 2. The summed E-state index contributed by atoms with van der Waals surface area (Å²) in [7, 11) is 0. The zero-order chi connectivity index (χ0) is 19.5. The van der Waals surface area contributed by atoms with Crippen LogP contribution in [0.15, 0.2) is 34.1 Å². The molecule has 0 saturated carbocycles. The maximum atomic E-state index is 12.6. The summed E-state index contributed by atoms with van der Waals surface area (Å²) in [5, 5.41) is 5.54. The number of thiazole rings is 1. The number of benzene rings is 1. The molecule has 2 saturated heterocycles. The smallest absolute Gasteiger partial charge is 0.231 e. The van der Waals surface area contributed by atoms with E-state index in [4.69, 9.17) is 0 Å². The summed E-state index contributed by atoms with van der Waals surface area (Å²) in [5.74, 6) is -0.509. The Bertz CT molecular complexity index is 848. The molecule has 6 nitrogen and oxygen atoms in total. The van der Waals surface area contributed by atoms with Gasteiger partial charge in [-0.05, 0) is 50.2 Å². The van der Waals surface area contributed by atoms with E-state index in [9.17, 15) is 9.59 Å². The molecule has 0 bridgehead atoms. The largest absolute Gasteiger partial charge is 0.312 e. The van der Waals surface area contributed by atoms with Crippen LogP contribution in [0.5, 0.6) is 0 Å². The predicted octanol–water partition coefficient (Wildman–Crippen LogP) is 3.88. The average molecular weight is 463 g/mol.